The Bertz CT molecular complexity index is 716. The number of nitro benzene ring substituents is 1. The fraction of sp³-hybridized carbons (Fsp3) is 0.312. The largest absolute Gasteiger partial charge is 0.490 e. The highest BCUT2D eigenvalue weighted by Crippen LogP contribution is 2.27. The van der Waals surface area contributed by atoms with Gasteiger partial charge in [0.15, 0.2) is 5.75 Å². The Morgan fingerprint density at radius 1 is 1.42 bits per heavy atom. The second-order valence-electron chi connectivity index (χ2n) is 5.35. The number of benzene rings is 1. The maximum absolute atomic E-state index is 12.3. The topological polar surface area (TPSA) is 84.7 Å². The number of carbonyl (C=O) groups excluding carboxylic acids is 1. The van der Waals surface area contributed by atoms with Gasteiger partial charge in [-0.1, -0.05) is 6.07 Å². The van der Waals surface area contributed by atoms with Crippen molar-refractivity contribution in [3.05, 3.63) is 56.3 Å². The van der Waals surface area contributed by atoms with Crippen LogP contribution in [-0.2, 0) is 0 Å². The second kappa shape index (κ2) is 7.89. The Hall–Kier alpha value is -2.45. The molecule has 1 aromatic carbocycles. The van der Waals surface area contributed by atoms with Crippen molar-refractivity contribution >= 4 is 22.9 Å². The van der Waals surface area contributed by atoms with E-state index in [1.807, 2.05) is 36.5 Å². The number of nitrogens with zero attached hydrogens (tertiary/aromatic N) is 2. The van der Waals surface area contributed by atoms with Gasteiger partial charge in [0.05, 0.1) is 18.1 Å². The lowest BCUT2D eigenvalue weighted by Gasteiger charge is -2.23. The standard InChI is InChI=1S/C16H19N3O4S/c1-18(2)13(15-5-4-8-24-15)10-17-16(20)11-6-7-14(23-3)12(9-11)19(21)22/h4-9,13H,10H2,1-3H3,(H,17,20)/t13-/m1/s1. The van der Waals surface area contributed by atoms with E-state index in [-0.39, 0.29) is 28.9 Å². The minimum atomic E-state index is -0.566. The van der Waals surface area contributed by atoms with Crippen LogP contribution in [0, 0.1) is 10.1 Å². The van der Waals surface area contributed by atoms with Crippen LogP contribution in [0.1, 0.15) is 21.3 Å². The predicted molar refractivity (Wildman–Crippen MR) is 92.7 cm³/mol. The highest BCUT2D eigenvalue weighted by molar-refractivity contribution is 7.10. The third kappa shape index (κ3) is 4.09. The molecule has 1 atom stereocenters. The monoisotopic (exact) mass is 349 g/mol. The lowest BCUT2D eigenvalue weighted by atomic mass is 10.1. The van der Waals surface area contributed by atoms with Gasteiger partial charge in [-0.3, -0.25) is 14.9 Å². The van der Waals surface area contributed by atoms with E-state index in [0.29, 0.717) is 6.54 Å². The minimum Gasteiger partial charge on any atom is -0.490 e. The molecule has 0 bridgehead atoms. The van der Waals surface area contributed by atoms with Crippen LogP contribution in [0.5, 0.6) is 5.75 Å². The zero-order valence-corrected chi connectivity index (χ0v) is 14.5. The normalized spacial score (nSPS) is 12.0. The summed E-state index contributed by atoms with van der Waals surface area (Å²) < 4.78 is 4.94. The van der Waals surface area contributed by atoms with E-state index in [0.717, 1.165) is 4.88 Å². The number of thiophene rings is 1. The highest BCUT2D eigenvalue weighted by atomic mass is 32.1. The molecule has 1 heterocycles. The molecule has 1 N–H and O–H groups in total. The maximum atomic E-state index is 12.3. The Morgan fingerprint density at radius 3 is 2.71 bits per heavy atom. The summed E-state index contributed by atoms with van der Waals surface area (Å²) in [4.78, 5) is 26.0. The van der Waals surface area contributed by atoms with Crippen LogP contribution in [0.25, 0.3) is 0 Å². The third-order valence-electron chi connectivity index (χ3n) is 3.59. The average molecular weight is 349 g/mol. The summed E-state index contributed by atoms with van der Waals surface area (Å²) in [5, 5.41) is 15.9. The smallest absolute Gasteiger partial charge is 0.311 e. The van der Waals surface area contributed by atoms with Crippen LogP contribution in [0.3, 0.4) is 0 Å². The van der Waals surface area contributed by atoms with E-state index in [4.69, 9.17) is 4.74 Å². The Labute approximate surface area is 144 Å². The fourth-order valence-corrected chi connectivity index (χ4v) is 3.21. The van der Waals surface area contributed by atoms with Crippen molar-refractivity contribution in [2.24, 2.45) is 0 Å². The number of hydrogen-bond donors (Lipinski definition) is 1. The Morgan fingerprint density at radius 2 is 2.17 bits per heavy atom. The van der Waals surface area contributed by atoms with Crippen LogP contribution < -0.4 is 10.1 Å². The lowest BCUT2D eigenvalue weighted by molar-refractivity contribution is -0.385. The van der Waals surface area contributed by atoms with Gasteiger partial charge in [0.2, 0.25) is 0 Å². The fourth-order valence-electron chi connectivity index (χ4n) is 2.28. The van der Waals surface area contributed by atoms with Crippen molar-refractivity contribution in [3.8, 4) is 5.75 Å². The molecule has 0 saturated heterocycles. The molecule has 128 valence electrons. The number of nitro groups is 1. The second-order valence-corrected chi connectivity index (χ2v) is 6.33. The van der Waals surface area contributed by atoms with Crippen molar-refractivity contribution in [1.29, 1.82) is 0 Å². The number of carbonyl (C=O) groups is 1. The summed E-state index contributed by atoms with van der Waals surface area (Å²) in [5.41, 5.74) is -0.00116. The summed E-state index contributed by atoms with van der Waals surface area (Å²) in [5.74, 6) is -0.231. The maximum Gasteiger partial charge on any atom is 0.311 e. The molecule has 2 aromatic rings. The Kier molecular flexibility index (Phi) is 5.88. The summed E-state index contributed by atoms with van der Waals surface area (Å²) in [6.07, 6.45) is 0. The average Bonchev–Trinajstić information content (AvgIpc) is 3.08. The van der Waals surface area contributed by atoms with Crippen molar-refractivity contribution in [2.75, 3.05) is 27.7 Å². The first-order valence-corrected chi connectivity index (χ1v) is 8.12. The molecule has 0 radical (unpaired) electrons. The molecule has 8 heteroatoms. The van der Waals surface area contributed by atoms with Gasteiger partial charge in [-0.25, -0.2) is 0 Å². The van der Waals surface area contributed by atoms with Gasteiger partial charge in [-0.2, -0.15) is 0 Å². The molecular formula is C16H19N3O4S. The number of ether oxygens (including phenoxy) is 1. The van der Waals surface area contributed by atoms with Crippen LogP contribution in [0.15, 0.2) is 35.7 Å². The van der Waals surface area contributed by atoms with Gasteiger partial charge < -0.3 is 15.0 Å². The van der Waals surface area contributed by atoms with Gasteiger partial charge in [0, 0.05) is 23.1 Å². The Balaban J connectivity index is 2.12. The van der Waals surface area contributed by atoms with Crippen LogP contribution in [0.2, 0.25) is 0 Å². The van der Waals surface area contributed by atoms with Crippen molar-refractivity contribution < 1.29 is 14.5 Å². The minimum absolute atomic E-state index is 0.0437. The molecule has 0 aliphatic rings. The molecule has 0 fully saturated rings. The SMILES string of the molecule is COc1ccc(C(=O)NC[C@H](c2cccs2)N(C)C)cc1[N+](=O)[O-]. The molecular weight excluding hydrogens is 330 g/mol. The molecule has 0 aliphatic carbocycles. The molecule has 0 unspecified atom stereocenters. The number of hydrogen-bond acceptors (Lipinski definition) is 6. The molecule has 0 spiro atoms. The highest BCUT2D eigenvalue weighted by Gasteiger charge is 2.20. The molecule has 0 aliphatic heterocycles. The van der Waals surface area contributed by atoms with Gasteiger partial charge in [-0.15, -0.1) is 11.3 Å². The quantitative estimate of drug-likeness (QED) is 0.614. The van der Waals surface area contributed by atoms with Crippen LogP contribution >= 0.6 is 11.3 Å². The number of rotatable bonds is 7. The molecule has 1 amide bonds. The number of likely N-dealkylation sites (N-methyl/N-ethyl adjacent to an activating group) is 1. The summed E-state index contributed by atoms with van der Waals surface area (Å²) >= 11 is 1.62. The number of nitrogens with one attached hydrogen (secondary N) is 1. The molecule has 24 heavy (non-hydrogen) atoms. The number of methoxy groups -OCH3 is 1. The predicted octanol–water partition coefficient (Wildman–Crippen LogP) is 2.70. The van der Waals surface area contributed by atoms with E-state index in [1.165, 1.54) is 25.3 Å². The zero-order chi connectivity index (χ0) is 17.7. The first kappa shape index (κ1) is 17.9. The van der Waals surface area contributed by atoms with Crippen LogP contribution in [-0.4, -0.2) is 43.5 Å². The molecule has 7 nitrogen and oxygen atoms in total. The third-order valence-corrected chi connectivity index (χ3v) is 4.56. The van der Waals surface area contributed by atoms with Crippen LogP contribution in [0.4, 0.5) is 5.69 Å². The van der Waals surface area contributed by atoms with Gasteiger partial charge in [0.1, 0.15) is 0 Å². The first-order valence-electron chi connectivity index (χ1n) is 7.24. The van der Waals surface area contributed by atoms with E-state index < -0.39 is 4.92 Å². The first-order chi connectivity index (χ1) is 11.4. The number of amides is 1. The van der Waals surface area contributed by atoms with E-state index in [9.17, 15) is 14.9 Å². The van der Waals surface area contributed by atoms with E-state index in [1.54, 1.807) is 11.3 Å². The van der Waals surface area contributed by atoms with Crippen molar-refractivity contribution in [2.45, 2.75) is 6.04 Å². The van der Waals surface area contributed by atoms with E-state index >= 15 is 0 Å². The lowest BCUT2D eigenvalue weighted by Crippen LogP contribution is -2.34. The van der Waals surface area contributed by atoms with Gasteiger partial charge >= 0.3 is 5.69 Å². The van der Waals surface area contributed by atoms with Gasteiger partial charge in [0.25, 0.3) is 5.91 Å². The van der Waals surface area contributed by atoms with Gasteiger partial charge in [-0.05, 0) is 37.7 Å². The van der Waals surface area contributed by atoms with E-state index in [2.05, 4.69) is 5.32 Å². The molecule has 0 saturated carbocycles. The van der Waals surface area contributed by atoms with Crippen molar-refractivity contribution in [1.82, 2.24) is 10.2 Å². The molecule has 1 aromatic heterocycles. The zero-order valence-electron chi connectivity index (χ0n) is 13.7. The molecule has 2 rings (SSSR count). The summed E-state index contributed by atoms with van der Waals surface area (Å²) in [7, 11) is 5.23. The summed E-state index contributed by atoms with van der Waals surface area (Å²) in [6.45, 7) is 0.409. The summed E-state index contributed by atoms with van der Waals surface area (Å²) in [6, 6.07) is 8.18. The van der Waals surface area contributed by atoms with Crippen molar-refractivity contribution in [3.63, 3.8) is 0 Å².